The summed E-state index contributed by atoms with van der Waals surface area (Å²) in [5, 5.41) is 11.6. The second-order valence-corrected chi connectivity index (χ2v) is 4.94. The Labute approximate surface area is 117 Å². The van der Waals surface area contributed by atoms with Crippen molar-refractivity contribution >= 4 is 17.2 Å². The van der Waals surface area contributed by atoms with Crippen molar-refractivity contribution in [1.82, 2.24) is 4.98 Å². The fourth-order valence-corrected chi connectivity index (χ4v) is 2.69. The zero-order valence-corrected chi connectivity index (χ0v) is 11.2. The van der Waals surface area contributed by atoms with E-state index in [0.717, 1.165) is 12.1 Å². The Morgan fingerprint density at radius 3 is 2.85 bits per heavy atom. The van der Waals surface area contributed by atoms with Gasteiger partial charge in [0, 0.05) is 11.7 Å². The highest BCUT2D eigenvalue weighted by Crippen LogP contribution is 2.37. The van der Waals surface area contributed by atoms with E-state index in [1.165, 1.54) is 11.3 Å². The van der Waals surface area contributed by atoms with E-state index < -0.39 is 0 Å². The minimum absolute atomic E-state index is 0.0198. The Kier molecular flexibility index (Phi) is 3.02. The second kappa shape index (κ2) is 4.85. The molecule has 0 bridgehead atoms. The maximum atomic E-state index is 8.65. The van der Waals surface area contributed by atoms with Gasteiger partial charge in [0.05, 0.1) is 11.9 Å². The first-order chi connectivity index (χ1) is 9.70. The lowest BCUT2D eigenvalue weighted by molar-refractivity contribution is 0.318. The van der Waals surface area contributed by atoms with E-state index in [4.69, 9.17) is 10.9 Å². The van der Waals surface area contributed by atoms with Crippen molar-refractivity contribution in [2.45, 2.75) is 19.4 Å². The molecule has 0 saturated heterocycles. The summed E-state index contributed by atoms with van der Waals surface area (Å²) >= 11 is 0. The van der Waals surface area contributed by atoms with Gasteiger partial charge in [0.2, 0.25) is 0 Å². The number of aromatic nitrogens is 1. The molecule has 1 aromatic heterocycles. The molecule has 5 nitrogen and oxygen atoms in total. The van der Waals surface area contributed by atoms with E-state index in [0.29, 0.717) is 11.7 Å². The minimum atomic E-state index is 0.0198. The highest BCUT2D eigenvalue weighted by atomic mass is 16.4. The standard InChI is InChI=1S/C15H16N4O/c1-10-8-11-4-2-3-5-14(11)19(10)12-6-7-13(17-9-12)15(16)18-20/h2-7,9-10,20H,8H2,1H3,(H2,16,18). The predicted octanol–water partition coefficient (Wildman–Crippen LogP) is 2.26. The fraction of sp³-hybridized carbons (Fsp3) is 0.200. The molecule has 3 N–H and O–H groups in total. The largest absolute Gasteiger partial charge is 0.409 e. The second-order valence-electron chi connectivity index (χ2n) is 4.94. The Bertz CT molecular complexity index is 651. The molecule has 2 heterocycles. The average Bonchev–Trinajstić information content (AvgIpc) is 2.82. The van der Waals surface area contributed by atoms with E-state index in [-0.39, 0.29) is 5.84 Å². The number of para-hydroxylation sites is 1. The summed E-state index contributed by atoms with van der Waals surface area (Å²) in [5.41, 5.74) is 9.57. The molecule has 0 radical (unpaired) electrons. The van der Waals surface area contributed by atoms with Crippen LogP contribution in [0, 0.1) is 0 Å². The summed E-state index contributed by atoms with van der Waals surface area (Å²) in [6, 6.07) is 12.5. The SMILES string of the molecule is CC1Cc2ccccc2N1c1ccc(/C(N)=N/O)nc1. The molecule has 1 unspecified atom stereocenters. The molecule has 5 heteroatoms. The summed E-state index contributed by atoms with van der Waals surface area (Å²) in [6.07, 6.45) is 2.78. The number of hydrogen-bond acceptors (Lipinski definition) is 4. The monoisotopic (exact) mass is 268 g/mol. The maximum Gasteiger partial charge on any atom is 0.188 e. The van der Waals surface area contributed by atoms with Crippen LogP contribution in [0.3, 0.4) is 0 Å². The van der Waals surface area contributed by atoms with E-state index >= 15 is 0 Å². The van der Waals surface area contributed by atoms with Crippen molar-refractivity contribution in [2.75, 3.05) is 4.90 Å². The van der Waals surface area contributed by atoms with Crippen LogP contribution in [0.4, 0.5) is 11.4 Å². The normalized spacial score (nSPS) is 18.1. The Balaban J connectivity index is 1.97. The van der Waals surface area contributed by atoms with Crippen molar-refractivity contribution in [3.63, 3.8) is 0 Å². The molecular weight excluding hydrogens is 252 g/mol. The van der Waals surface area contributed by atoms with Crippen molar-refractivity contribution in [3.8, 4) is 0 Å². The molecule has 1 aliphatic heterocycles. The van der Waals surface area contributed by atoms with Crippen molar-refractivity contribution in [3.05, 3.63) is 53.9 Å². The van der Waals surface area contributed by atoms with Crippen molar-refractivity contribution in [1.29, 1.82) is 0 Å². The zero-order chi connectivity index (χ0) is 14.1. The number of benzene rings is 1. The van der Waals surface area contributed by atoms with Crippen LogP contribution in [0.5, 0.6) is 0 Å². The molecule has 1 atom stereocenters. The molecule has 0 spiro atoms. The summed E-state index contributed by atoms with van der Waals surface area (Å²) in [4.78, 5) is 6.51. The number of rotatable bonds is 2. The van der Waals surface area contributed by atoms with Gasteiger partial charge in [-0.1, -0.05) is 23.4 Å². The predicted molar refractivity (Wildman–Crippen MR) is 78.5 cm³/mol. The molecule has 0 fully saturated rings. The van der Waals surface area contributed by atoms with Gasteiger partial charge in [-0.05, 0) is 37.1 Å². The van der Waals surface area contributed by atoms with Crippen LogP contribution in [0.1, 0.15) is 18.2 Å². The van der Waals surface area contributed by atoms with Crippen LogP contribution >= 0.6 is 0 Å². The van der Waals surface area contributed by atoms with Crippen LogP contribution in [0.25, 0.3) is 0 Å². The molecule has 20 heavy (non-hydrogen) atoms. The topological polar surface area (TPSA) is 74.7 Å². The van der Waals surface area contributed by atoms with Crippen LogP contribution in [-0.4, -0.2) is 22.1 Å². The number of nitrogens with zero attached hydrogens (tertiary/aromatic N) is 3. The lowest BCUT2D eigenvalue weighted by Gasteiger charge is -2.24. The third-order valence-corrected chi connectivity index (χ3v) is 3.60. The highest BCUT2D eigenvalue weighted by molar-refractivity contribution is 5.95. The average molecular weight is 268 g/mol. The molecule has 2 aromatic rings. The molecule has 1 aliphatic rings. The van der Waals surface area contributed by atoms with Gasteiger partial charge in [-0.15, -0.1) is 0 Å². The first-order valence-electron chi connectivity index (χ1n) is 6.52. The van der Waals surface area contributed by atoms with Crippen LogP contribution in [-0.2, 0) is 6.42 Å². The number of oxime groups is 1. The van der Waals surface area contributed by atoms with Crippen LogP contribution in [0.2, 0.25) is 0 Å². The van der Waals surface area contributed by atoms with E-state index in [1.54, 1.807) is 12.3 Å². The fourth-order valence-electron chi connectivity index (χ4n) is 2.69. The highest BCUT2D eigenvalue weighted by Gasteiger charge is 2.26. The Morgan fingerprint density at radius 1 is 1.35 bits per heavy atom. The lowest BCUT2D eigenvalue weighted by atomic mass is 10.1. The summed E-state index contributed by atoms with van der Waals surface area (Å²) in [6.45, 7) is 2.19. The van der Waals surface area contributed by atoms with Gasteiger partial charge in [0.1, 0.15) is 5.69 Å². The van der Waals surface area contributed by atoms with Gasteiger partial charge in [0.25, 0.3) is 0 Å². The molecule has 102 valence electrons. The molecule has 1 aromatic carbocycles. The van der Waals surface area contributed by atoms with Crippen molar-refractivity contribution in [2.24, 2.45) is 10.9 Å². The number of pyridine rings is 1. The minimum Gasteiger partial charge on any atom is -0.409 e. The first kappa shape index (κ1) is 12.5. The smallest absolute Gasteiger partial charge is 0.188 e. The molecule has 0 aliphatic carbocycles. The van der Waals surface area contributed by atoms with Gasteiger partial charge in [-0.25, -0.2) is 0 Å². The summed E-state index contributed by atoms with van der Waals surface area (Å²) < 4.78 is 0. The number of fused-ring (bicyclic) bond motifs is 1. The van der Waals surface area contributed by atoms with Gasteiger partial charge >= 0.3 is 0 Å². The third kappa shape index (κ3) is 1.97. The molecule has 0 saturated carbocycles. The van der Waals surface area contributed by atoms with Gasteiger partial charge in [0.15, 0.2) is 5.84 Å². The van der Waals surface area contributed by atoms with Crippen molar-refractivity contribution < 1.29 is 5.21 Å². The van der Waals surface area contributed by atoms with Gasteiger partial charge in [-0.2, -0.15) is 0 Å². The molecule has 0 amide bonds. The number of hydrogen-bond donors (Lipinski definition) is 2. The number of anilines is 2. The zero-order valence-electron chi connectivity index (χ0n) is 11.2. The van der Waals surface area contributed by atoms with E-state index in [1.807, 2.05) is 12.1 Å². The van der Waals surface area contributed by atoms with E-state index in [9.17, 15) is 0 Å². The Hall–Kier alpha value is -2.56. The molecule has 3 rings (SSSR count). The lowest BCUT2D eigenvalue weighted by Crippen LogP contribution is -2.24. The number of nitrogens with two attached hydrogens (primary N) is 1. The summed E-state index contributed by atoms with van der Waals surface area (Å²) in [7, 11) is 0. The number of amidine groups is 1. The van der Waals surface area contributed by atoms with Gasteiger partial charge < -0.3 is 15.8 Å². The molecular formula is C15H16N4O. The third-order valence-electron chi connectivity index (χ3n) is 3.60. The maximum absolute atomic E-state index is 8.65. The van der Waals surface area contributed by atoms with Crippen LogP contribution in [0.15, 0.2) is 47.8 Å². The summed E-state index contributed by atoms with van der Waals surface area (Å²) in [5.74, 6) is 0.0198. The van der Waals surface area contributed by atoms with Gasteiger partial charge in [-0.3, -0.25) is 4.98 Å². The quantitative estimate of drug-likeness (QED) is 0.379. The first-order valence-corrected chi connectivity index (χ1v) is 6.52. The van der Waals surface area contributed by atoms with Crippen LogP contribution < -0.4 is 10.6 Å². The van der Waals surface area contributed by atoms with E-state index in [2.05, 4.69) is 40.2 Å². The Morgan fingerprint density at radius 2 is 2.15 bits per heavy atom.